The molecule has 0 rings (SSSR count). The van der Waals surface area contributed by atoms with Crippen molar-refractivity contribution in [2.75, 3.05) is 20.6 Å². The van der Waals surface area contributed by atoms with Gasteiger partial charge in [-0.25, -0.2) is 0 Å². The summed E-state index contributed by atoms with van der Waals surface area (Å²) in [5, 5.41) is 3.01. The quantitative estimate of drug-likeness (QED) is 0.519. The molecule has 0 aromatic heterocycles. The van der Waals surface area contributed by atoms with Crippen LogP contribution in [0.4, 0.5) is 0 Å². The highest BCUT2D eigenvalue weighted by molar-refractivity contribution is 5.75. The number of nitrogens with zero attached hydrogens (tertiary/aromatic N) is 1. The van der Waals surface area contributed by atoms with Crippen LogP contribution >= 0.6 is 0 Å². The maximum absolute atomic E-state index is 11.6. The third-order valence-corrected chi connectivity index (χ3v) is 3.98. The molecule has 0 aromatic carbocycles. The van der Waals surface area contributed by atoms with Crippen molar-refractivity contribution in [2.45, 2.75) is 84.1 Å². The Morgan fingerprint density at radius 3 is 1.95 bits per heavy atom. The zero-order valence-electron chi connectivity index (χ0n) is 14.2. The van der Waals surface area contributed by atoms with E-state index >= 15 is 0 Å². The molecule has 0 spiro atoms. The summed E-state index contributed by atoms with van der Waals surface area (Å²) in [5.74, 6) is 0.210. The average Bonchev–Trinajstić information content (AvgIpc) is 2.42. The van der Waals surface area contributed by atoms with Crippen LogP contribution in [0.3, 0.4) is 0 Å². The lowest BCUT2D eigenvalue weighted by atomic mass is 10.1. The summed E-state index contributed by atoms with van der Waals surface area (Å²) >= 11 is 0. The van der Waals surface area contributed by atoms with Crippen LogP contribution in [0.2, 0.25) is 0 Å². The summed E-state index contributed by atoms with van der Waals surface area (Å²) in [5.41, 5.74) is 0. The van der Waals surface area contributed by atoms with Gasteiger partial charge in [0, 0.05) is 19.0 Å². The molecular formula is C17H36N2O. The molecule has 0 fully saturated rings. The summed E-state index contributed by atoms with van der Waals surface area (Å²) in [6.45, 7) is 5.13. The van der Waals surface area contributed by atoms with Crippen LogP contribution in [0.15, 0.2) is 0 Å². The van der Waals surface area contributed by atoms with Gasteiger partial charge in [0.2, 0.25) is 5.91 Å². The number of carbonyl (C=O) groups excluding carboxylic acids is 1. The van der Waals surface area contributed by atoms with Crippen LogP contribution in [0.25, 0.3) is 0 Å². The van der Waals surface area contributed by atoms with Crippen LogP contribution in [0.1, 0.15) is 78.1 Å². The van der Waals surface area contributed by atoms with Crippen LogP contribution in [0.5, 0.6) is 0 Å². The Morgan fingerprint density at radius 2 is 1.45 bits per heavy atom. The minimum absolute atomic E-state index is 0.210. The Morgan fingerprint density at radius 1 is 0.950 bits per heavy atom. The first-order valence-electron chi connectivity index (χ1n) is 8.51. The molecule has 20 heavy (non-hydrogen) atoms. The van der Waals surface area contributed by atoms with Gasteiger partial charge in [-0.05, 0) is 27.4 Å². The van der Waals surface area contributed by atoms with Crippen molar-refractivity contribution >= 4 is 5.91 Å². The molecular weight excluding hydrogens is 248 g/mol. The van der Waals surface area contributed by atoms with Gasteiger partial charge < -0.3 is 10.2 Å². The molecule has 0 saturated carbocycles. The molecule has 0 heterocycles. The second-order valence-corrected chi connectivity index (χ2v) is 6.20. The molecule has 0 aliphatic heterocycles. The molecule has 0 aromatic rings. The Bertz CT molecular complexity index is 229. The second-order valence-electron chi connectivity index (χ2n) is 6.20. The number of hydrogen-bond donors (Lipinski definition) is 1. The molecule has 120 valence electrons. The van der Waals surface area contributed by atoms with Gasteiger partial charge >= 0.3 is 0 Å². The van der Waals surface area contributed by atoms with Gasteiger partial charge in [-0.2, -0.15) is 0 Å². The molecule has 0 saturated heterocycles. The maximum atomic E-state index is 11.6. The van der Waals surface area contributed by atoms with E-state index in [4.69, 9.17) is 0 Å². The van der Waals surface area contributed by atoms with E-state index < -0.39 is 0 Å². The zero-order valence-corrected chi connectivity index (χ0v) is 14.2. The average molecular weight is 284 g/mol. The van der Waals surface area contributed by atoms with Crippen LogP contribution in [-0.2, 0) is 4.79 Å². The molecule has 1 unspecified atom stereocenters. The first-order valence-corrected chi connectivity index (χ1v) is 8.51. The fourth-order valence-electron chi connectivity index (χ4n) is 2.13. The number of carbonyl (C=O) groups is 1. The fraction of sp³-hybridized carbons (Fsp3) is 0.941. The SMILES string of the molecule is CCCCCCCCCCCC(=O)NCC(C)N(C)C. The molecule has 1 amide bonds. The second kappa shape index (κ2) is 13.4. The van der Waals surface area contributed by atoms with Gasteiger partial charge in [-0.1, -0.05) is 58.3 Å². The molecule has 0 bridgehead atoms. The molecule has 0 radical (unpaired) electrons. The van der Waals surface area contributed by atoms with Crippen molar-refractivity contribution in [3.8, 4) is 0 Å². The predicted molar refractivity (Wildman–Crippen MR) is 88.0 cm³/mol. The number of rotatable bonds is 13. The smallest absolute Gasteiger partial charge is 0.220 e. The van der Waals surface area contributed by atoms with Gasteiger partial charge in [-0.3, -0.25) is 4.79 Å². The van der Waals surface area contributed by atoms with Crippen molar-refractivity contribution in [3.05, 3.63) is 0 Å². The first-order chi connectivity index (χ1) is 9.57. The summed E-state index contributed by atoms with van der Waals surface area (Å²) in [4.78, 5) is 13.8. The zero-order chi connectivity index (χ0) is 15.2. The number of hydrogen-bond acceptors (Lipinski definition) is 2. The van der Waals surface area contributed by atoms with Gasteiger partial charge in [0.15, 0.2) is 0 Å². The summed E-state index contributed by atoms with van der Waals surface area (Å²) in [6, 6.07) is 0.405. The lowest BCUT2D eigenvalue weighted by molar-refractivity contribution is -0.121. The van der Waals surface area contributed by atoms with Crippen LogP contribution in [-0.4, -0.2) is 37.5 Å². The van der Waals surface area contributed by atoms with Crippen molar-refractivity contribution < 1.29 is 4.79 Å². The topological polar surface area (TPSA) is 32.3 Å². The van der Waals surface area contributed by atoms with Crippen molar-refractivity contribution in [2.24, 2.45) is 0 Å². The summed E-state index contributed by atoms with van der Waals surface area (Å²) in [7, 11) is 4.08. The van der Waals surface area contributed by atoms with Gasteiger partial charge in [-0.15, -0.1) is 0 Å². The van der Waals surface area contributed by atoms with E-state index in [2.05, 4.69) is 24.1 Å². The Labute approximate surface area is 126 Å². The van der Waals surface area contributed by atoms with Crippen molar-refractivity contribution in [3.63, 3.8) is 0 Å². The largest absolute Gasteiger partial charge is 0.355 e. The summed E-state index contributed by atoms with van der Waals surface area (Å²) < 4.78 is 0. The Balaban J connectivity index is 3.27. The number of nitrogens with one attached hydrogen (secondary N) is 1. The van der Waals surface area contributed by atoms with E-state index in [0.717, 1.165) is 13.0 Å². The molecule has 0 aliphatic rings. The number of unbranched alkanes of at least 4 members (excludes halogenated alkanes) is 8. The highest BCUT2D eigenvalue weighted by Crippen LogP contribution is 2.10. The van der Waals surface area contributed by atoms with Crippen molar-refractivity contribution in [1.82, 2.24) is 10.2 Å². The Hall–Kier alpha value is -0.570. The molecule has 0 aliphatic carbocycles. The van der Waals surface area contributed by atoms with E-state index in [1.165, 1.54) is 51.4 Å². The predicted octanol–water partition coefficient (Wildman–Crippen LogP) is 3.97. The molecule has 3 heteroatoms. The monoisotopic (exact) mass is 284 g/mol. The maximum Gasteiger partial charge on any atom is 0.220 e. The lowest BCUT2D eigenvalue weighted by Gasteiger charge is -2.19. The normalized spacial score (nSPS) is 12.7. The first kappa shape index (κ1) is 19.4. The molecule has 3 nitrogen and oxygen atoms in total. The van der Waals surface area contributed by atoms with E-state index in [-0.39, 0.29) is 5.91 Å². The van der Waals surface area contributed by atoms with Gasteiger partial charge in [0.25, 0.3) is 0 Å². The van der Waals surface area contributed by atoms with Gasteiger partial charge in [0.1, 0.15) is 0 Å². The fourth-order valence-corrected chi connectivity index (χ4v) is 2.13. The van der Waals surface area contributed by atoms with E-state index in [1.807, 2.05) is 14.1 Å². The lowest BCUT2D eigenvalue weighted by Crippen LogP contribution is -2.38. The number of amides is 1. The van der Waals surface area contributed by atoms with E-state index in [1.54, 1.807) is 0 Å². The van der Waals surface area contributed by atoms with Crippen LogP contribution < -0.4 is 5.32 Å². The van der Waals surface area contributed by atoms with E-state index in [9.17, 15) is 4.79 Å². The third-order valence-electron chi connectivity index (χ3n) is 3.98. The van der Waals surface area contributed by atoms with Gasteiger partial charge in [0.05, 0.1) is 0 Å². The van der Waals surface area contributed by atoms with Crippen molar-refractivity contribution in [1.29, 1.82) is 0 Å². The highest BCUT2D eigenvalue weighted by Gasteiger charge is 2.06. The minimum atomic E-state index is 0.210. The third kappa shape index (κ3) is 12.5. The van der Waals surface area contributed by atoms with Crippen LogP contribution in [0, 0.1) is 0 Å². The standard InChI is InChI=1S/C17H36N2O/c1-5-6-7-8-9-10-11-12-13-14-17(20)18-15-16(2)19(3)4/h16H,5-15H2,1-4H3,(H,18,20). The summed E-state index contributed by atoms with van der Waals surface area (Å²) in [6.07, 6.45) is 12.4. The molecule has 1 atom stereocenters. The molecule has 1 N–H and O–H groups in total. The minimum Gasteiger partial charge on any atom is -0.355 e. The number of likely N-dealkylation sites (N-methyl/N-ethyl adjacent to an activating group) is 1. The van der Waals surface area contributed by atoms with E-state index in [0.29, 0.717) is 12.5 Å². The highest BCUT2D eigenvalue weighted by atomic mass is 16.1. The Kier molecular flexibility index (Phi) is 13.0.